The summed E-state index contributed by atoms with van der Waals surface area (Å²) in [6, 6.07) is 8.07. The summed E-state index contributed by atoms with van der Waals surface area (Å²) in [7, 11) is 0. The predicted molar refractivity (Wildman–Crippen MR) is 74.6 cm³/mol. The van der Waals surface area contributed by atoms with Crippen molar-refractivity contribution in [2.45, 2.75) is 40.2 Å². The van der Waals surface area contributed by atoms with Crippen LogP contribution in [-0.4, -0.2) is 10.1 Å². The molecular formula is C15H21N3O. The van der Waals surface area contributed by atoms with Crippen molar-refractivity contribution < 1.29 is 4.52 Å². The van der Waals surface area contributed by atoms with E-state index in [4.69, 9.17) is 10.3 Å². The Morgan fingerprint density at radius 2 is 1.84 bits per heavy atom. The maximum Gasteiger partial charge on any atom is 0.231 e. The van der Waals surface area contributed by atoms with Crippen LogP contribution in [0.4, 0.5) is 0 Å². The zero-order chi connectivity index (χ0) is 13.9. The molecule has 0 spiro atoms. The van der Waals surface area contributed by atoms with Gasteiger partial charge in [-0.3, -0.25) is 0 Å². The second-order valence-electron chi connectivity index (χ2n) is 5.99. The molecule has 0 bridgehead atoms. The van der Waals surface area contributed by atoms with Crippen LogP contribution in [0.25, 0.3) is 0 Å². The van der Waals surface area contributed by atoms with Gasteiger partial charge in [0, 0.05) is 13.0 Å². The fourth-order valence-electron chi connectivity index (χ4n) is 2.00. The zero-order valence-electron chi connectivity index (χ0n) is 11.8. The van der Waals surface area contributed by atoms with Crippen molar-refractivity contribution in [1.82, 2.24) is 10.1 Å². The van der Waals surface area contributed by atoms with E-state index in [1.54, 1.807) is 0 Å². The Kier molecular flexibility index (Phi) is 4.00. The summed E-state index contributed by atoms with van der Waals surface area (Å²) in [4.78, 5) is 4.45. The van der Waals surface area contributed by atoms with Gasteiger partial charge in [0.2, 0.25) is 5.89 Å². The molecule has 1 aromatic carbocycles. The summed E-state index contributed by atoms with van der Waals surface area (Å²) in [6.07, 6.45) is 1.46. The largest absolute Gasteiger partial charge is 0.339 e. The highest BCUT2D eigenvalue weighted by atomic mass is 16.5. The molecule has 4 heteroatoms. The first-order chi connectivity index (χ1) is 8.98. The quantitative estimate of drug-likeness (QED) is 0.916. The SMILES string of the molecule is CC(C)(C)Cc1noc(Cc2ccccc2CN)n1. The smallest absolute Gasteiger partial charge is 0.231 e. The van der Waals surface area contributed by atoms with Crippen molar-refractivity contribution in [3.63, 3.8) is 0 Å². The predicted octanol–water partition coefficient (Wildman–Crippen LogP) is 2.71. The van der Waals surface area contributed by atoms with Gasteiger partial charge in [-0.1, -0.05) is 50.2 Å². The van der Waals surface area contributed by atoms with Gasteiger partial charge in [0.1, 0.15) is 0 Å². The van der Waals surface area contributed by atoms with Gasteiger partial charge in [0.05, 0.1) is 6.42 Å². The average Bonchev–Trinajstić information content (AvgIpc) is 2.75. The van der Waals surface area contributed by atoms with Gasteiger partial charge in [-0.15, -0.1) is 0 Å². The molecule has 2 N–H and O–H groups in total. The fraction of sp³-hybridized carbons (Fsp3) is 0.467. The van der Waals surface area contributed by atoms with E-state index in [-0.39, 0.29) is 5.41 Å². The number of nitrogens with two attached hydrogens (primary N) is 1. The molecule has 1 heterocycles. The highest BCUT2D eigenvalue weighted by Crippen LogP contribution is 2.19. The zero-order valence-corrected chi connectivity index (χ0v) is 11.8. The van der Waals surface area contributed by atoms with E-state index in [2.05, 4.69) is 37.0 Å². The van der Waals surface area contributed by atoms with Crippen molar-refractivity contribution in [2.75, 3.05) is 0 Å². The summed E-state index contributed by atoms with van der Waals surface area (Å²) in [5.74, 6) is 1.42. The molecule has 0 atom stereocenters. The molecule has 0 aliphatic rings. The van der Waals surface area contributed by atoms with E-state index in [0.29, 0.717) is 18.9 Å². The molecule has 19 heavy (non-hydrogen) atoms. The Hall–Kier alpha value is -1.68. The van der Waals surface area contributed by atoms with E-state index >= 15 is 0 Å². The molecule has 2 rings (SSSR count). The highest BCUT2D eigenvalue weighted by molar-refractivity contribution is 5.29. The normalized spacial score (nSPS) is 11.8. The number of aromatic nitrogens is 2. The van der Waals surface area contributed by atoms with Gasteiger partial charge in [-0.05, 0) is 16.5 Å². The lowest BCUT2D eigenvalue weighted by atomic mass is 9.92. The van der Waals surface area contributed by atoms with Crippen molar-refractivity contribution >= 4 is 0 Å². The van der Waals surface area contributed by atoms with E-state index in [1.807, 2.05) is 18.2 Å². The molecule has 0 aliphatic carbocycles. The van der Waals surface area contributed by atoms with E-state index in [0.717, 1.165) is 23.4 Å². The number of benzene rings is 1. The topological polar surface area (TPSA) is 64.9 Å². The highest BCUT2D eigenvalue weighted by Gasteiger charge is 2.16. The molecule has 0 aliphatic heterocycles. The van der Waals surface area contributed by atoms with Gasteiger partial charge in [0.15, 0.2) is 5.82 Å². The minimum absolute atomic E-state index is 0.163. The van der Waals surface area contributed by atoms with Crippen LogP contribution in [0.1, 0.15) is 43.6 Å². The number of nitrogens with zero attached hydrogens (tertiary/aromatic N) is 2. The Balaban J connectivity index is 2.12. The third-order valence-electron chi connectivity index (χ3n) is 2.88. The number of rotatable bonds is 4. The van der Waals surface area contributed by atoms with Crippen molar-refractivity contribution in [1.29, 1.82) is 0 Å². The third-order valence-corrected chi connectivity index (χ3v) is 2.88. The standard InChI is InChI=1S/C15H21N3O/c1-15(2,3)9-13-17-14(19-18-13)8-11-6-4-5-7-12(11)10-16/h4-7H,8-10,16H2,1-3H3. The maximum atomic E-state index is 5.73. The first-order valence-electron chi connectivity index (χ1n) is 6.56. The molecule has 0 fully saturated rings. The van der Waals surface area contributed by atoms with Crippen molar-refractivity contribution in [2.24, 2.45) is 11.1 Å². The minimum Gasteiger partial charge on any atom is -0.339 e. The molecule has 0 amide bonds. The summed E-state index contributed by atoms with van der Waals surface area (Å²) in [5.41, 5.74) is 8.16. The number of hydrogen-bond acceptors (Lipinski definition) is 4. The molecular weight excluding hydrogens is 238 g/mol. The summed E-state index contributed by atoms with van der Waals surface area (Å²) in [6.45, 7) is 7.01. The van der Waals surface area contributed by atoms with Crippen LogP contribution in [0.5, 0.6) is 0 Å². The van der Waals surface area contributed by atoms with Crippen LogP contribution in [0.3, 0.4) is 0 Å². The lowest BCUT2D eigenvalue weighted by Crippen LogP contribution is -2.10. The lowest BCUT2D eigenvalue weighted by molar-refractivity contribution is 0.358. The Labute approximate surface area is 114 Å². The summed E-state index contributed by atoms with van der Waals surface area (Å²) < 4.78 is 5.31. The summed E-state index contributed by atoms with van der Waals surface area (Å²) in [5, 5.41) is 4.04. The average molecular weight is 259 g/mol. The maximum absolute atomic E-state index is 5.73. The lowest BCUT2D eigenvalue weighted by Gasteiger charge is -2.14. The summed E-state index contributed by atoms with van der Waals surface area (Å²) >= 11 is 0. The van der Waals surface area contributed by atoms with Crippen LogP contribution in [-0.2, 0) is 19.4 Å². The van der Waals surface area contributed by atoms with Gasteiger partial charge >= 0.3 is 0 Å². The van der Waals surface area contributed by atoms with Crippen LogP contribution >= 0.6 is 0 Å². The van der Waals surface area contributed by atoms with Crippen LogP contribution in [0.15, 0.2) is 28.8 Å². The van der Waals surface area contributed by atoms with Crippen molar-refractivity contribution in [3.05, 3.63) is 47.1 Å². The van der Waals surface area contributed by atoms with Crippen LogP contribution in [0, 0.1) is 5.41 Å². The van der Waals surface area contributed by atoms with Gasteiger partial charge < -0.3 is 10.3 Å². The molecule has 102 valence electrons. The molecule has 2 aromatic rings. The fourth-order valence-corrected chi connectivity index (χ4v) is 2.00. The number of hydrogen-bond donors (Lipinski definition) is 1. The van der Waals surface area contributed by atoms with E-state index < -0.39 is 0 Å². The van der Waals surface area contributed by atoms with Gasteiger partial charge in [0.25, 0.3) is 0 Å². The van der Waals surface area contributed by atoms with Crippen LogP contribution in [0.2, 0.25) is 0 Å². The minimum atomic E-state index is 0.163. The van der Waals surface area contributed by atoms with Gasteiger partial charge in [-0.2, -0.15) is 4.98 Å². The Morgan fingerprint density at radius 3 is 2.47 bits per heavy atom. The Bertz CT molecular complexity index is 540. The first kappa shape index (κ1) is 13.7. The second-order valence-corrected chi connectivity index (χ2v) is 5.99. The monoisotopic (exact) mass is 259 g/mol. The molecule has 0 saturated heterocycles. The van der Waals surface area contributed by atoms with Crippen LogP contribution < -0.4 is 5.73 Å². The molecule has 4 nitrogen and oxygen atoms in total. The van der Waals surface area contributed by atoms with Gasteiger partial charge in [-0.25, -0.2) is 0 Å². The molecule has 0 saturated carbocycles. The third kappa shape index (κ3) is 3.89. The second kappa shape index (κ2) is 5.53. The molecule has 0 radical (unpaired) electrons. The molecule has 0 unspecified atom stereocenters. The Morgan fingerprint density at radius 1 is 1.16 bits per heavy atom. The van der Waals surface area contributed by atoms with E-state index in [9.17, 15) is 0 Å². The molecule has 1 aromatic heterocycles. The van der Waals surface area contributed by atoms with E-state index in [1.165, 1.54) is 0 Å². The van der Waals surface area contributed by atoms with Crippen molar-refractivity contribution in [3.8, 4) is 0 Å². The first-order valence-corrected chi connectivity index (χ1v) is 6.56.